The first-order valence-electron chi connectivity index (χ1n) is 10.2. The van der Waals surface area contributed by atoms with Gasteiger partial charge in [-0.1, -0.05) is 60.2 Å². The molecule has 2 N–H and O–H groups in total. The standard InChI is InChI=1S/C23H31N3O2/c1-19-9-11-21(12-10-19)22(20-7-3-2-4-8-20)24-23(28)26-16-14-25(15-17-26)13-5-6-18-27/h2-4,7-12,22,27H,5-6,13-18H2,1H3,(H,24,28). The Morgan fingerprint density at radius 2 is 1.61 bits per heavy atom. The molecule has 1 fully saturated rings. The molecule has 5 heteroatoms. The highest BCUT2D eigenvalue weighted by atomic mass is 16.3. The number of carbonyl (C=O) groups is 1. The van der Waals surface area contributed by atoms with E-state index in [1.807, 2.05) is 23.1 Å². The summed E-state index contributed by atoms with van der Waals surface area (Å²) >= 11 is 0. The summed E-state index contributed by atoms with van der Waals surface area (Å²) in [7, 11) is 0. The van der Waals surface area contributed by atoms with Crippen molar-refractivity contribution >= 4 is 6.03 Å². The molecule has 1 atom stereocenters. The van der Waals surface area contributed by atoms with Crippen molar-refractivity contribution in [2.45, 2.75) is 25.8 Å². The van der Waals surface area contributed by atoms with Crippen molar-refractivity contribution in [3.63, 3.8) is 0 Å². The van der Waals surface area contributed by atoms with E-state index in [-0.39, 0.29) is 18.7 Å². The molecule has 1 aliphatic heterocycles. The fourth-order valence-corrected chi connectivity index (χ4v) is 3.60. The van der Waals surface area contributed by atoms with Gasteiger partial charge in [-0.3, -0.25) is 4.90 Å². The maximum absolute atomic E-state index is 13.0. The molecule has 0 aliphatic carbocycles. The molecule has 28 heavy (non-hydrogen) atoms. The van der Waals surface area contributed by atoms with E-state index in [9.17, 15) is 4.79 Å². The number of aryl methyl sites for hydroxylation is 1. The van der Waals surface area contributed by atoms with E-state index in [4.69, 9.17) is 5.11 Å². The lowest BCUT2D eigenvalue weighted by Crippen LogP contribution is -2.52. The average molecular weight is 382 g/mol. The van der Waals surface area contributed by atoms with Crippen LogP contribution in [-0.4, -0.2) is 60.3 Å². The lowest BCUT2D eigenvalue weighted by atomic mass is 9.98. The highest BCUT2D eigenvalue weighted by Gasteiger charge is 2.24. The number of aliphatic hydroxyl groups is 1. The van der Waals surface area contributed by atoms with Crippen LogP contribution in [0.25, 0.3) is 0 Å². The summed E-state index contributed by atoms with van der Waals surface area (Å²) in [5.74, 6) is 0. The second-order valence-corrected chi connectivity index (χ2v) is 7.46. The molecule has 0 radical (unpaired) electrons. The third-order valence-electron chi connectivity index (χ3n) is 5.35. The van der Waals surface area contributed by atoms with Crippen LogP contribution in [0.1, 0.15) is 35.6 Å². The van der Waals surface area contributed by atoms with Crippen molar-refractivity contribution in [2.24, 2.45) is 0 Å². The Morgan fingerprint density at radius 3 is 2.25 bits per heavy atom. The van der Waals surface area contributed by atoms with Gasteiger partial charge in [-0.15, -0.1) is 0 Å². The summed E-state index contributed by atoms with van der Waals surface area (Å²) in [6.45, 7) is 6.56. The predicted octanol–water partition coefficient (Wildman–Crippen LogP) is 3.18. The summed E-state index contributed by atoms with van der Waals surface area (Å²) in [5.41, 5.74) is 3.38. The van der Waals surface area contributed by atoms with Crippen LogP contribution in [0.3, 0.4) is 0 Å². The van der Waals surface area contributed by atoms with Crippen molar-refractivity contribution in [1.82, 2.24) is 15.1 Å². The lowest BCUT2D eigenvalue weighted by Gasteiger charge is -2.35. The molecule has 0 spiro atoms. The van der Waals surface area contributed by atoms with Gasteiger partial charge in [-0.2, -0.15) is 0 Å². The molecular weight excluding hydrogens is 350 g/mol. The topological polar surface area (TPSA) is 55.8 Å². The summed E-state index contributed by atoms with van der Waals surface area (Å²) < 4.78 is 0. The monoisotopic (exact) mass is 381 g/mol. The molecule has 2 aromatic rings. The van der Waals surface area contributed by atoms with Gasteiger partial charge in [0.15, 0.2) is 0 Å². The number of amides is 2. The number of aliphatic hydroxyl groups excluding tert-OH is 1. The first-order valence-corrected chi connectivity index (χ1v) is 10.2. The first-order chi connectivity index (χ1) is 13.7. The van der Waals surface area contributed by atoms with Crippen LogP contribution in [0.15, 0.2) is 54.6 Å². The van der Waals surface area contributed by atoms with Gasteiger partial charge in [0.1, 0.15) is 0 Å². The number of nitrogens with one attached hydrogen (secondary N) is 1. The molecule has 1 unspecified atom stereocenters. The number of nitrogens with zero attached hydrogens (tertiary/aromatic N) is 2. The van der Waals surface area contributed by atoms with Crippen LogP contribution < -0.4 is 5.32 Å². The van der Waals surface area contributed by atoms with Crippen molar-refractivity contribution in [2.75, 3.05) is 39.3 Å². The zero-order chi connectivity index (χ0) is 19.8. The molecule has 0 bridgehead atoms. The highest BCUT2D eigenvalue weighted by molar-refractivity contribution is 5.75. The Hall–Kier alpha value is -2.37. The van der Waals surface area contributed by atoms with Gasteiger partial charge in [-0.25, -0.2) is 4.79 Å². The summed E-state index contributed by atoms with van der Waals surface area (Å²) in [6, 6.07) is 18.3. The number of piperazine rings is 1. The van der Waals surface area contributed by atoms with Crippen molar-refractivity contribution < 1.29 is 9.90 Å². The minimum Gasteiger partial charge on any atom is -0.396 e. The van der Waals surface area contributed by atoms with E-state index in [0.717, 1.165) is 56.7 Å². The van der Waals surface area contributed by atoms with Crippen LogP contribution in [0.4, 0.5) is 4.79 Å². The van der Waals surface area contributed by atoms with Gasteiger partial charge in [0.2, 0.25) is 0 Å². The summed E-state index contributed by atoms with van der Waals surface area (Å²) in [5, 5.41) is 12.2. The largest absolute Gasteiger partial charge is 0.396 e. The Balaban J connectivity index is 1.63. The molecule has 1 heterocycles. The van der Waals surface area contributed by atoms with Gasteiger partial charge in [0, 0.05) is 32.8 Å². The van der Waals surface area contributed by atoms with Gasteiger partial charge < -0.3 is 15.3 Å². The molecule has 1 aliphatic rings. The Bertz CT molecular complexity index is 725. The Morgan fingerprint density at radius 1 is 0.964 bits per heavy atom. The number of carbonyl (C=O) groups excluding carboxylic acids is 1. The molecule has 1 saturated heterocycles. The van der Waals surface area contributed by atoms with Gasteiger partial charge in [0.05, 0.1) is 6.04 Å². The molecule has 3 rings (SSSR count). The number of rotatable bonds is 7. The van der Waals surface area contributed by atoms with E-state index in [2.05, 4.69) is 53.5 Å². The van der Waals surface area contributed by atoms with E-state index in [1.54, 1.807) is 0 Å². The second-order valence-electron chi connectivity index (χ2n) is 7.46. The van der Waals surface area contributed by atoms with Gasteiger partial charge in [0.25, 0.3) is 0 Å². The fourth-order valence-electron chi connectivity index (χ4n) is 3.60. The number of urea groups is 1. The van der Waals surface area contributed by atoms with E-state index < -0.39 is 0 Å². The quantitative estimate of drug-likeness (QED) is 0.724. The number of hydrogen-bond acceptors (Lipinski definition) is 3. The molecular formula is C23H31N3O2. The van der Waals surface area contributed by atoms with Crippen LogP contribution in [-0.2, 0) is 0 Å². The van der Waals surface area contributed by atoms with Gasteiger partial charge in [-0.05, 0) is 37.4 Å². The van der Waals surface area contributed by atoms with Crippen LogP contribution >= 0.6 is 0 Å². The van der Waals surface area contributed by atoms with Crippen molar-refractivity contribution in [3.8, 4) is 0 Å². The maximum Gasteiger partial charge on any atom is 0.318 e. The van der Waals surface area contributed by atoms with Gasteiger partial charge >= 0.3 is 6.03 Å². The number of unbranched alkanes of at least 4 members (excludes halogenated alkanes) is 1. The van der Waals surface area contributed by atoms with E-state index in [1.165, 1.54) is 5.56 Å². The van der Waals surface area contributed by atoms with Crippen LogP contribution in [0, 0.1) is 6.92 Å². The molecule has 0 saturated carbocycles. The van der Waals surface area contributed by atoms with Crippen LogP contribution in [0.5, 0.6) is 0 Å². The fraction of sp³-hybridized carbons (Fsp3) is 0.435. The molecule has 150 valence electrons. The summed E-state index contributed by atoms with van der Waals surface area (Å²) in [6.07, 6.45) is 1.85. The molecule has 2 amide bonds. The van der Waals surface area contributed by atoms with Crippen LogP contribution in [0.2, 0.25) is 0 Å². The normalized spacial score (nSPS) is 16.0. The van der Waals surface area contributed by atoms with E-state index >= 15 is 0 Å². The smallest absolute Gasteiger partial charge is 0.318 e. The minimum absolute atomic E-state index is 0.00978. The average Bonchev–Trinajstić information content (AvgIpc) is 2.74. The Labute approximate surface area is 168 Å². The minimum atomic E-state index is -0.156. The molecule has 0 aromatic heterocycles. The predicted molar refractivity (Wildman–Crippen MR) is 112 cm³/mol. The van der Waals surface area contributed by atoms with E-state index in [0.29, 0.717) is 0 Å². The Kier molecular flexibility index (Phi) is 7.46. The lowest BCUT2D eigenvalue weighted by molar-refractivity contribution is 0.135. The number of benzene rings is 2. The number of hydrogen-bond donors (Lipinski definition) is 2. The molecule has 2 aromatic carbocycles. The zero-order valence-electron chi connectivity index (χ0n) is 16.7. The van der Waals surface area contributed by atoms with Crippen molar-refractivity contribution in [1.29, 1.82) is 0 Å². The third-order valence-corrected chi connectivity index (χ3v) is 5.35. The van der Waals surface area contributed by atoms with Crippen molar-refractivity contribution in [3.05, 3.63) is 71.3 Å². The third kappa shape index (κ3) is 5.57. The second kappa shape index (κ2) is 10.2. The first kappa shape index (κ1) is 20.4. The zero-order valence-corrected chi connectivity index (χ0v) is 16.7. The molecule has 5 nitrogen and oxygen atoms in total. The maximum atomic E-state index is 13.0. The summed E-state index contributed by atoms with van der Waals surface area (Å²) in [4.78, 5) is 17.2. The highest BCUT2D eigenvalue weighted by Crippen LogP contribution is 2.23. The SMILES string of the molecule is Cc1ccc(C(NC(=O)N2CCN(CCCCO)CC2)c2ccccc2)cc1.